The van der Waals surface area contributed by atoms with E-state index in [1.54, 1.807) is 43.4 Å². The van der Waals surface area contributed by atoms with Gasteiger partial charge in [-0.25, -0.2) is 4.79 Å². The van der Waals surface area contributed by atoms with Crippen molar-refractivity contribution >= 4 is 40.6 Å². The van der Waals surface area contributed by atoms with Gasteiger partial charge in [-0.05, 0) is 43.2 Å². The zero-order valence-electron chi connectivity index (χ0n) is 20.2. The fourth-order valence-corrected chi connectivity index (χ4v) is 4.65. The predicted molar refractivity (Wildman–Crippen MR) is 142 cm³/mol. The van der Waals surface area contributed by atoms with Crippen molar-refractivity contribution in [2.24, 2.45) is 0 Å². The number of halogens is 2. The van der Waals surface area contributed by atoms with Crippen molar-refractivity contribution in [3.8, 4) is 5.75 Å². The number of piperidine rings is 1. The summed E-state index contributed by atoms with van der Waals surface area (Å²) in [6.45, 7) is 1.58. The lowest BCUT2D eigenvalue weighted by Crippen LogP contribution is -2.43. The van der Waals surface area contributed by atoms with E-state index in [2.05, 4.69) is 9.97 Å². The quantitative estimate of drug-likeness (QED) is 0.338. The number of carbonyl (C=O) groups is 1. The molecule has 10 heteroatoms. The number of pyridine rings is 2. The molecule has 2 aromatic heterocycles. The molecule has 0 aliphatic carbocycles. The average molecular weight is 527 g/mol. The number of nitrogens with one attached hydrogen (secondary N) is 1. The van der Waals surface area contributed by atoms with Crippen molar-refractivity contribution < 1.29 is 9.53 Å². The molecule has 0 saturated carbocycles. The van der Waals surface area contributed by atoms with Crippen molar-refractivity contribution in [2.45, 2.75) is 25.4 Å². The predicted octanol–water partition coefficient (Wildman–Crippen LogP) is 5.22. The molecule has 1 fully saturated rings. The van der Waals surface area contributed by atoms with Crippen molar-refractivity contribution in [2.75, 3.05) is 32.9 Å². The van der Waals surface area contributed by atoms with Crippen LogP contribution in [0.3, 0.4) is 0 Å². The first kappa shape index (κ1) is 25.7. The van der Waals surface area contributed by atoms with Crippen molar-refractivity contribution in [1.29, 1.82) is 5.41 Å². The minimum Gasteiger partial charge on any atom is -0.489 e. The Hall–Kier alpha value is -3.36. The maximum atomic E-state index is 12.2. The molecule has 1 saturated heterocycles. The van der Waals surface area contributed by atoms with Crippen molar-refractivity contribution in [3.05, 3.63) is 81.4 Å². The summed E-state index contributed by atoms with van der Waals surface area (Å²) in [5.41, 5.74) is 9.72. The van der Waals surface area contributed by atoms with Crippen LogP contribution in [0.25, 0.3) is 0 Å². The van der Waals surface area contributed by atoms with Crippen LogP contribution in [0.15, 0.2) is 48.9 Å². The van der Waals surface area contributed by atoms with E-state index in [4.69, 9.17) is 39.1 Å². The number of anilines is 1. The van der Waals surface area contributed by atoms with E-state index in [0.717, 1.165) is 18.5 Å². The maximum Gasteiger partial charge on any atom is 0.319 e. The summed E-state index contributed by atoms with van der Waals surface area (Å²) in [6, 6.07) is 9.07. The van der Waals surface area contributed by atoms with E-state index >= 15 is 0 Å². The molecule has 2 amide bonds. The number of hydrogen-bond acceptors (Lipinski definition) is 6. The topological polar surface area (TPSA) is 108 Å². The van der Waals surface area contributed by atoms with Crippen LogP contribution in [0.1, 0.15) is 41.1 Å². The first-order valence-electron chi connectivity index (χ1n) is 11.6. The van der Waals surface area contributed by atoms with Gasteiger partial charge in [-0.3, -0.25) is 15.4 Å². The van der Waals surface area contributed by atoms with E-state index in [9.17, 15) is 4.79 Å². The number of hydrogen-bond donors (Lipinski definition) is 2. The summed E-state index contributed by atoms with van der Waals surface area (Å²) >= 11 is 12.4. The summed E-state index contributed by atoms with van der Waals surface area (Å²) in [6.07, 6.45) is 6.46. The number of amides is 2. The lowest BCUT2D eigenvalue weighted by Gasteiger charge is -2.33. The van der Waals surface area contributed by atoms with Crippen LogP contribution in [0.5, 0.6) is 5.75 Å². The molecule has 0 atom stereocenters. The molecule has 3 heterocycles. The Balaban J connectivity index is 1.43. The minimum atomic E-state index is 0.0426. The second-order valence-corrected chi connectivity index (χ2v) is 9.72. The lowest BCUT2D eigenvalue weighted by molar-refractivity contribution is 0.156. The van der Waals surface area contributed by atoms with Crippen LogP contribution in [0.2, 0.25) is 10.0 Å². The second kappa shape index (κ2) is 11.1. The molecule has 36 heavy (non-hydrogen) atoms. The minimum absolute atomic E-state index is 0.0426. The van der Waals surface area contributed by atoms with Gasteiger partial charge in [0.1, 0.15) is 12.4 Å². The van der Waals surface area contributed by atoms with E-state index < -0.39 is 0 Å². The van der Waals surface area contributed by atoms with Crippen LogP contribution in [0.4, 0.5) is 10.5 Å². The number of nitrogen functional groups attached to an aromatic ring is 1. The second-order valence-electron chi connectivity index (χ2n) is 8.90. The number of nitrogens with two attached hydrogens (primary N) is 1. The molecule has 4 rings (SSSR count). The summed E-state index contributed by atoms with van der Waals surface area (Å²) < 4.78 is 5.88. The van der Waals surface area contributed by atoms with E-state index in [0.29, 0.717) is 51.3 Å². The summed E-state index contributed by atoms with van der Waals surface area (Å²) in [5, 5.41) is 9.57. The molecule has 1 aromatic carbocycles. The third-order valence-electron chi connectivity index (χ3n) is 6.27. The van der Waals surface area contributed by atoms with Crippen LogP contribution >= 0.6 is 23.2 Å². The first-order valence-corrected chi connectivity index (χ1v) is 12.3. The number of urea groups is 1. The molecular formula is C26H28Cl2N6O2. The lowest BCUT2D eigenvalue weighted by atomic mass is 9.92. The molecule has 3 aromatic rings. The van der Waals surface area contributed by atoms with Gasteiger partial charge in [0, 0.05) is 79.8 Å². The Morgan fingerprint density at radius 3 is 2.44 bits per heavy atom. The molecule has 0 unspecified atom stereocenters. The Labute approximate surface area is 220 Å². The third kappa shape index (κ3) is 5.71. The molecule has 188 valence electrons. The van der Waals surface area contributed by atoms with E-state index in [-0.39, 0.29) is 24.3 Å². The first-order chi connectivity index (χ1) is 17.2. The largest absolute Gasteiger partial charge is 0.489 e. The highest BCUT2D eigenvalue weighted by Gasteiger charge is 2.25. The van der Waals surface area contributed by atoms with Gasteiger partial charge >= 0.3 is 6.03 Å². The molecule has 1 aliphatic heterocycles. The van der Waals surface area contributed by atoms with Gasteiger partial charge in [0.15, 0.2) is 0 Å². The monoisotopic (exact) mass is 526 g/mol. The van der Waals surface area contributed by atoms with Gasteiger partial charge in [0.05, 0.1) is 15.8 Å². The maximum absolute atomic E-state index is 12.2. The summed E-state index contributed by atoms with van der Waals surface area (Å²) in [7, 11) is 3.54. The summed E-state index contributed by atoms with van der Waals surface area (Å²) in [4.78, 5) is 24.2. The smallest absolute Gasteiger partial charge is 0.319 e. The van der Waals surface area contributed by atoms with Gasteiger partial charge in [0.25, 0.3) is 0 Å². The SMILES string of the molecule is CN(C)C(=O)N1CCC(c2ccc(C(=N)c3cc(OCc4c(Cl)cncc4Cl)ccc3N)cn2)CC1. The number of aromatic nitrogens is 2. The molecule has 1 aliphatic rings. The Morgan fingerprint density at radius 2 is 1.83 bits per heavy atom. The van der Waals surface area contributed by atoms with Crippen LogP contribution < -0.4 is 10.5 Å². The zero-order chi connectivity index (χ0) is 25.8. The molecule has 8 nitrogen and oxygen atoms in total. The van der Waals surface area contributed by atoms with Crippen molar-refractivity contribution in [3.63, 3.8) is 0 Å². The highest BCUT2D eigenvalue weighted by atomic mass is 35.5. The van der Waals surface area contributed by atoms with E-state index in [1.165, 1.54) is 12.4 Å². The number of rotatable bonds is 6. The average Bonchev–Trinajstić information content (AvgIpc) is 2.88. The van der Waals surface area contributed by atoms with Crippen LogP contribution in [-0.2, 0) is 6.61 Å². The van der Waals surface area contributed by atoms with Gasteiger partial charge in [-0.1, -0.05) is 23.2 Å². The van der Waals surface area contributed by atoms with Gasteiger partial charge in [0.2, 0.25) is 0 Å². The van der Waals surface area contributed by atoms with E-state index in [1.807, 2.05) is 17.0 Å². The number of ether oxygens (including phenoxy) is 1. The molecule has 3 N–H and O–H groups in total. The molecular weight excluding hydrogens is 499 g/mol. The highest BCUT2D eigenvalue weighted by molar-refractivity contribution is 6.35. The number of benzene rings is 1. The number of nitrogens with zero attached hydrogens (tertiary/aromatic N) is 4. The molecule has 0 spiro atoms. The van der Waals surface area contributed by atoms with Crippen LogP contribution in [-0.4, -0.2) is 58.7 Å². The highest BCUT2D eigenvalue weighted by Crippen LogP contribution is 2.29. The molecule has 0 bridgehead atoms. The van der Waals surface area contributed by atoms with Crippen molar-refractivity contribution in [1.82, 2.24) is 19.8 Å². The normalized spacial score (nSPS) is 13.9. The zero-order valence-corrected chi connectivity index (χ0v) is 21.7. The summed E-state index contributed by atoms with van der Waals surface area (Å²) in [5.74, 6) is 0.824. The van der Waals surface area contributed by atoms with Crippen LogP contribution in [0, 0.1) is 5.41 Å². The fourth-order valence-electron chi connectivity index (χ4n) is 4.17. The van der Waals surface area contributed by atoms with Gasteiger partial charge in [-0.15, -0.1) is 0 Å². The molecule has 0 radical (unpaired) electrons. The number of carbonyl (C=O) groups excluding carboxylic acids is 1. The third-order valence-corrected chi connectivity index (χ3v) is 6.92. The number of likely N-dealkylation sites (tertiary alicyclic amines) is 1. The fraction of sp³-hybridized carbons (Fsp3) is 0.308. The van der Waals surface area contributed by atoms with Gasteiger partial charge < -0.3 is 20.3 Å². The Bertz CT molecular complexity index is 1240. The Kier molecular flexibility index (Phi) is 7.96. The standard InChI is InChI=1S/C26H28Cl2N6O2/c1-33(2)26(35)34-9-7-16(8-10-34)24-6-3-17(12-32-24)25(30)19-11-18(4-5-23(19)29)36-15-20-21(27)13-31-14-22(20)28/h3-6,11-14,16,30H,7-10,15,29H2,1-2H3. The van der Waals surface area contributed by atoms with Gasteiger partial charge in [-0.2, -0.15) is 0 Å². The Morgan fingerprint density at radius 1 is 1.14 bits per heavy atom.